The summed E-state index contributed by atoms with van der Waals surface area (Å²) < 4.78 is 0.833. The molecule has 5 heteroatoms. The van der Waals surface area contributed by atoms with E-state index in [4.69, 9.17) is 11.6 Å². The maximum Gasteiger partial charge on any atom is 0.234 e. The summed E-state index contributed by atoms with van der Waals surface area (Å²) in [5, 5.41) is 0.613. The van der Waals surface area contributed by atoms with Crippen LogP contribution < -0.4 is 4.90 Å². The average molecular weight is 404 g/mol. The second-order valence-electron chi connectivity index (χ2n) is 5.78. The Labute approximate surface area is 136 Å². The monoisotopic (exact) mass is 403 g/mol. The number of hydrogen-bond donors (Lipinski definition) is 0. The van der Waals surface area contributed by atoms with E-state index in [1.165, 1.54) is 4.90 Å². The summed E-state index contributed by atoms with van der Waals surface area (Å²) in [6, 6.07) is 5.25. The first-order chi connectivity index (χ1) is 9.51. The molecular formula is C15H15ClINO2. The lowest BCUT2D eigenvalue weighted by Crippen LogP contribution is -2.47. The van der Waals surface area contributed by atoms with Gasteiger partial charge >= 0.3 is 0 Å². The Balaban J connectivity index is 1.91. The molecule has 1 saturated carbocycles. The molecule has 0 N–H and O–H groups in total. The van der Waals surface area contributed by atoms with E-state index in [-0.39, 0.29) is 17.2 Å². The van der Waals surface area contributed by atoms with Crippen LogP contribution in [0.5, 0.6) is 0 Å². The molecule has 106 valence electrons. The fourth-order valence-electron chi connectivity index (χ4n) is 3.41. The normalized spacial score (nSPS) is 21.8. The number of halogens is 2. The average Bonchev–Trinajstić information content (AvgIpc) is 2.79. The lowest BCUT2D eigenvalue weighted by atomic mass is 9.76. The van der Waals surface area contributed by atoms with Crippen molar-refractivity contribution in [3.05, 3.63) is 26.8 Å². The number of anilines is 1. The second kappa shape index (κ2) is 5.30. The van der Waals surface area contributed by atoms with Crippen LogP contribution in [0.15, 0.2) is 18.2 Å². The van der Waals surface area contributed by atoms with Gasteiger partial charge in [0.2, 0.25) is 11.8 Å². The van der Waals surface area contributed by atoms with Gasteiger partial charge in [0.1, 0.15) is 0 Å². The number of hydrogen-bond acceptors (Lipinski definition) is 2. The number of amides is 2. The Kier molecular flexibility index (Phi) is 3.79. The molecule has 0 unspecified atom stereocenters. The van der Waals surface area contributed by atoms with Crippen LogP contribution in [0, 0.1) is 8.99 Å². The van der Waals surface area contributed by atoms with Crippen LogP contribution >= 0.6 is 34.2 Å². The summed E-state index contributed by atoms with van der Waals surface area (Å²) in [5.74, 6) is -0.133. The summed E-state index contributed by atoms with van der Waals surface area (Å²) in [4.78, 5) is 26.3. The van der Waals surface area contributed by atoms with Crippen molar-refractivity contribution in [1.82, 2.24) is 0 Å². The van der Waals surface area contributed by atoms with E-state index in [1.54, 1.807) is 18.2 Å². The SMILES string of the molecule is O=C1CC2(CCCC2)CC(=O)N1c1ccc(Cl)cc1I. The van der Waals surface area contributed by atoms with Gasteiger partial charge in [0.25, 0.3) is 0 Å². The highest BCUT2D eigenvalue weighted by atomic mass is 127. The van der Waals surface area contributed by atoms with Gasteiger partial charge in [0.15, 0.2) is 0 Å². The molecule has 1 aliphatic carbocycles. The molecule has 3 rings (SSSR count). The van der Waals surface area contributed by atoms with Crippen molar-refractivity contribution >= 4 is 51.7 Å². The van der Waals surface area contributed by atoms with Crippen LogP contribution in [0.2, 0.25) is 5.02 Å². The first-order valence-corrected chi connectivity index (χ1v) is 8.27. The van der Waals surface area contributed by atoms with Crippen LogP contribution in [0.4, 0.5) is 5.69 Å². The topological polar surface area (TPSA) is 37.4 Å². The van der Waals surface area contributed by atoms with E-state index < -0.39 is 0 Å². The zero-order valence-electron chi connectivity index (χ0n) is 11.0. The van der Waals surface area contributed by atoms with Gasteiger partial charge in [-0.25, -0.2) is 4.90 Å². The molecule has 1 aliphatic heterocycles. The summed E-state index contributed by atoms with van der Waals surface area (Å²) in [7, 11) is 0. The number of carbonyl (C=O) groups excluding carboxylic acids is 2. The van der Waals surface area contributed by atoms with Crippen molar-refractivity contribution in [2.45, 2.75) is 38.5 Å². The smallest absolute Gasteiger partial charge is 0.234 e. The lowest BCUT2D eigenvalue weighted by Gasteiger charge is -2.37. The number of carbonyl (C=O) groups is 2. The van der Waals surface area contributed by atoms with E-state index in [9.17, 15) is 9.59 Å². The van der Waals surface area contributed by atoms with Crippen molar-refractivity contribution in [1.29, 1.82) is 0 Å². The third-order valence-electron chi connectivity index (χ3n) is 4.37. The van der Waals surface area contributed by atoms with Crippen LogP contribution in [0.25, 0.3) is 0 Å². The molecule has 3 nitrogen and oxygen atoms in total. The minimum atomic E-state index is -0.0663. The predicted molar refractivity (Wildman–Crippen MR) is 86.8 cm³/mol. The molecule has 1 spiro atoms. The van der Waals surface area contributed by atoms with Gasteiger partial charge < -0.3 is 0 Å². The van der Waals surface area contributed by atoms with E-state index >= 15 is 0 Å². The van der Waals surface area contributed by atoms with Crippen LogP contribution in [0.1, 0.15) is 38.5 Å². The fourth-order valence-corrected chi connectivity index (χ4v) is 4.52. The van der Waals surface area contributed by atoms with Gasteiger partial charge in [-0.3, -0.25) is 9.59 Å². The molecule has 0 atom stereocenters. The Morgan fingerprint density at radius 2 is 1.70 bits per heavy atom. The molecular weight excluding hydrogens is 389 g/mol. The number of rotatable bonds is 1. The van der Waals surface area contributed by atoms with Crippen LogP contribution in [-0.4, -0.2) is 11.8 Å². The van der Waals surface area contributed by atoms with Crippen molar-refractivity contribution < 1.29 is 9.59 Å². The van der Waals surface area contributed by atoms with Crippen molar-refractivity contribution in [3.63, 3.8) is 0 Å². The first-order valence-electron chi connectivity index (χ1n) is 6.82. The van der Waals surface area contributed by atoms with Gasteiger partial charge in [0.05, 0.1) is 5.69 Å². The predicted octanol–water partition coefficient (Wildman–Crippen LogP) is 4.16. The Morgan fingerprint density at radius 1 is 1.10 bits per heavy atom. The molecule has 1 aromatic carbocycles. The van der Waals surface area contributed by atoms with E-state index in [0.29, 0.717) is 23.6 Å². The first kappa shape index (κ1) is 14.3. The van der Waals surface area contributed by atoms with Gasteiger partial charge in [-0.05, 0) is 59.0 Å². The molecule has 0 aromatic heterocycles. The molecule has 2 amide bonds. The van der Waals surface area contributed by atoms with Gasteiger partial charge in [-0.15, -0.1) is 0 Å². The molecule has 1 saturated heterocycles. The van der Waals surface area contributed by atoms with E-state index in [0.717, 1.165) is 29.3 Å². The highest BCUT2D eigenvalue weighted by Crippen LogP contribution is 2.47. The molecule has 20 heavy (non-hydrogen) atoms. The highest BCUT2D eigenvalue weighted by molar-refractivity contribution is 14.1. The second-order valence-corrected chi connectivity index (χ2v) is 7.38. The number of piperidine rings is 1. The van der Waals surface area contributed by atoms with Crippen LogP contribution in [0.3, 0.4) is 0 Å². The number of benzene rings is 1. The largest absolute Gasteiger partial charge is 0.274 e. The molecule has 0 radical (unpaired) electrons. The summed E-state index contributed by atoms with van der Waals surface area (Å²) in [6.07, 6.45) is 5.29. The summed E-state index contributed by atoms with van der Waals surface area (Å²) in [5.41, 5.74) is 0.612. The molecule has 2 fully saturated rings. The highest BCUT2D eigenvalue weighted by Gasteiger charge is 2.45. The number of nitrogens with zero attached hydrogens (tertiary/aromatic N) is 1. The summed E-state index contributed by atoms with van der Waals surface area (Å²) in [6.45, 7) is 0. The Morgan fingerprint density at radius 3 is 2.25 bits per heavy atom. The van der Waals surface area contributed by atoms with Crippen LogP contribution in [-0.2, 0) is 9.59 Å². The molecule has 0 bridgehead atoms. The van der Waals surface area contributed by atoms with Crippen molar-refractivity contribution in [2.24, 2.45) is 5.41 Å². The quantitative estimate of drug-likeness (QED) is 0.522. The molecule has 1 aromatic rings. The Bertz CT molecular complexity index is 561. The standard InChI is InChI=1S/C15H15ClINO2/c16-10-3-4-12(11(17)7-10)18-13(19)8-15(9-14(18)20)5-1-2-6-15/h3-4,7H,1-2,5-6,8-9H2. The fraction of sp³-hybridized carbons (Fsp3) is 0.467. The molecule has 1 heterocycles. The third-order valence-corrected chi connectivity index (χ3v) is 5.47. The van der Waals surface area contributed by atoms with Crippen molar-refractivity contribution in [3.8, 4) is 0 Å². The maximum atomic E-state index is 12.5. The Hall–Kier alpha value is -0.620. The van der Waals surface area contributed by atoms with Gasteiger partial charge in [0, 0.05) is 21.4 Å². The zero-order valence-corrected chi connectivity index (χ0v) is 13.9. The van der Waals surface area contributed by atoms with Gasteiger partial charge in [-0.1, -0.05) is 24.4 Å². The van der Waals surface area contributed by atoms with Crippen molar-refractivity contribution in [2.75, 3.05) is 4.90 Å². The summed E-state index contributed by atoms with van der Waals surface area (Å²) >= 11 is 8.05. The minimum Gasteiger partial charge on any atom is -0.274 e. The maximum absolute atomic E-state index is 12.5. The van der Waals surface area contributed by atoms with E-state index in [2.05, 4.69) is 22.6 Å². The number of imide groups is 1. The lowest BCUT2D eigenvalue weighted by molar-refractivity contribution is -0.133. The third kappa shape index (κ3) is 2.48. The van der Waals surface area contributed by atoms with Gasteiger partial charge in [-0.2, -0.15) is 0 Å². The van der Waals surface area contributed by atoms with E-state index in [1.807, 2.05) is 0 Å². The molecule has 2 aliphatic rings. The minimum absolute atomic E-state index is 0.0530. The zero-order chi connectivity index (χ0) is 14.3.